The largest absolute Gasteiger partial charge is 0.321 e. The average Bonchev–Trinajstić information content (AvgIpc) is 2.69. The minimum Gasteiger partial charge on any atom is -0.321 e. The fourth-order valence-electron chi connectivity index (χ4n) is 3.03. The number of para-hydroxylation sites is 1. The van der Waals surface area contributed by atoms with Crippen LogP contribution in [0.15, 0.2) is 52.3 Å². The number of halogens is 1. The highest BCUT2D eigenvalue weighted by atomic mass is 35.5. The van der Waals surface area contributed by atoms with Crippen LogP contribution in [0.2, 0.25) is 5.02 Å². The summed E-state index contributed by atoms with van der Waals surface area (Å²) in [7, 11) is -3.63. The number of nitrogens with zero attached hydrogens (tertiary/aromatic N) is 1. The van der Waals surface area contributed by atoms with Crippen molar-refractivity contribution < 1.29 is 13.2 Å². The monoisotopic (exact) mass is 424 g/mol. The lowest BCUT2D eigenvalue weighted by molar-refractivity contribution is 0.102. The Morgan fingerprint density at radius 3 is 2.52 bits per heavy atom. The Bertz CT molecular complexity index is 942. The van der Waals surface area contributed by atoms with Gasteiger partial charge in [0.2, 0.25) is 10.0 Å². The third kappa shape index (κ3) is 4.48. The van der Waals surface area contributed by atoms with Gasteiger partial charge in [-0.15, -0.1) is 11.8 Å². The summed E-state index contributed by atoms with van der Waals surface area (Å²) in [4.78, 5) is 13.8. The topological polar surface area (TPSA) is 66.5 Å². The van der Waals surface area contributed by atoms with E-state index in [9.17, 15) is 13.2 Å². The molecule has 0 aliphatic carbocycles. The zero-order valence-corrected chi connectivity index (χ0v) is 17.3. The molecule has 0 aromatic heterocycles. The number of thioether (sulfide) groups is 1. The molecule has 5 nitrogen and oxygen atoms in total. The van der Waals surface area contributed by atoms with E-state index in [1.807, 2.05) is 24.5 Å². The molecule has 0 saturated carbocycles. The van der Waals surface area contributed by atoms with Gasteiger partial charge in [0.25, 0.3) is 5.91 Å². The van der Waals surface area contributed by atoms with Crippen LogP contribution in [0.1, 0.15) is 29.6 Å². The van der Waals surface area contributed by atoms with E-state index in [1.165, 1.54) is 34.3 Å². The zero-order valence-electron chi connectivity index (χ0n) is 14.9. The Kier molecular flexibility index (Phi) is 6.47. The standard InChI is InChI=1S/C19H21ClN2O3S2/c1-26-18-8-4-3-7-17(18)21-19(23)15-13-14(9-10-16(15)20)27(24,25)22-11-5-2-6-12-22/h3-4,7-10,13H,2,5-6,11-12H2,1H3,(H,21,23). The second-order valence-electron chi connectivity index (χ2n) is 6.26. The maximum Gasteiger partial charge on any atom is 0.257 e. The van der Waals surface area contributed by atoms with Crippen LogP contribution in [-0.2, 0) is 10.0 Å². The third-order valence-corrected chi connectivity index (χ3v) is 7.51. The van der Waals surface area contributed by atoms with Crippen molar-refractivity contribution in [1.29, 1.82) is 0 Å². The first-order valence-electron chi connectivity index (χ1n) is 8.67. The van der Waals surface area contributed by atoms with Crippen LogP contribution in [0.4, 0.5) is 5.69 Å². The number of benzene rings is 2. The number of anilines is 1. The summed E-state index contributed by atoms with van der Waals surface area (Å²) in [6.07, 6.45) is 4.66. The van der Waals surface area contributed by atoms with E-state index in [0.717, 1.165) is 24.2 Å². The van der Waals surface area contributed by atoms with Crippen molar-refractivity contribution in [3.63, 3.8) is 0 Å². The van der Waals surface area contributed by atoms with Crippen molar-refractivity contribution >= 4 is 45.0 Å². The summed E-state index contributed by atoms with van der Waals surface area (Å²) >= 11 is 7.71. The van der Waals surface area contributed by atoms with Crippen LogP contribution in [0.3, 0.4) is 0 Å². The lowest BCUT2D eigenvalue weighted by Crippen LogP contribution is -2.35. The van der Waals surface area contributed by atoms with Gasteiger partial charge in [-0.1, -0.05) is 30.2 Å². The predicted molar refractivity (Wildman–Crippen MR) is 110 cm³/mol. The molecule has 0 unspecified atom stereocenters. The van der Waals surface area contributed by atoms with Crippen molar-refractivity contribution in [3.8, 4) is 0 Å². The molecule has 2 aromatic carbocycles. The van der Waals surface area contributed by atoms with E-state index in [4.69, 9.17) is 11.6 Å². The van der Waals surface area contributed by atoms with Crippen LogP contribution in [0.5, 0.6) is 0 Å². The van der Waals surface area contributed by atoms with Crippen molar-refractivity contribution in [2.75, 3.05) is 24.7 Å². The van der Waals surface area contributed by atoms with Gasteiger partial charge in [-0.05, 0) is 49.4 Å². The van der Waals surface area contributed by atoms with Crippen LogP contribution >= 0.6 is 23.4 Å². The van der Waals surface area contributed by atoms with Gasteiger partial charge in [-0.2, -0.15) is 4.31 Å². The van der Waals surface area contributed by atoms with Crippen molar-refractivity contribution in [2.45, 2.75) is 29.1 Å². The third-order valence-electron chi connectivity index (χ3n) is 4.49. The molecule has 2 aromatic rings. The Hall–Kier alpha value is -1.54. The molecule has 144 valence electrons. The molecule has 1 fully saturated rings. The molecule has 1 N–H and O–H groups in total. The number of hydrogen-bond donors (Lipinski definition) is 1. The minimum atomic E-state index is -3.63. The highest BCUT2D eigenvalue weighted by molar-refractivity contribution is 7.98. The maximum atomic E-state index is 12.9. The predicted octanol–water partition coefficient (Wildman–Crippen LogP) is 4.49. The second kappa shape index (κ2) is 8.65. The SMILES string of the molecule is CSc1ccccc1NC(=O)c1cc(S(=O)(=O)N2CCCCC2)ccc1Cl. The molecule has 27 heavy (non-hydrogen) atoms. The van der Waals surface area contributed by atoms with Crippen molar-refractivity contribution in [3.05, 3.63) is 53.1 Å². The summed E-state index contributed by atoms with van der Waals surface area (Å²) in [5.74, 6) is -0.433. The number of hydrogen-bond acceptors (Lipinski definition) is 4. The van der Waals surface area contributed by atoms with Gasteiger partial charge in [-0.25, -0.2) is 8.42 Å². The Morgan fingerprint density at radius 1 is 1.11 bits per heavy atom. The molecule has 8 heteroatoms. The number of rotatable bonds is 5. The molecule has 1 aliphatic heterocycles. The van der Waals surface area contributed by atoms with Gasteiger partial charge in [0, 0.05) is 18.0 Å². The number of sulfonamides is 1. The number of piperidine rings is 1. The first-order valence-corrected chi connectivity index (χ1v) is 11.7. The van der Waals surface area contributed by atoms with Crippen LogP contribution in [0, 0.1) is 0 Å². The molecule has 1 heterocycles. The van der Waals surface area contributed by atoms with E-state index < -0.39 is 15.9 Å². The van der Waals surface area contributed by atoms with E-state index >= 15 is 0 Å². The quantitative estimate of drug-likeness (QED) is 0.718. The zero-order chi connectivity index (χ0) is 19.4. The van der Waals surface area contributed by atoms with Gasteiger partial charge in [0.05, 0.1) is 21.2 Å². The molecule has 0 spiro atoms. The first-order chi connectivity index (χ1) is 12.9. The number of amides is 1. The Morgan fingerprint density at radius 2 is 1.81 bits per heavy atom. The maximum absolute atomic E-state index is 12.9. The number of carbonyl (C=O) groups is 1. The van der Waals surface area contributed by atoms with Gasteiger partial charge in [-0.3, -0.25) is 4.79 Å². The molecular formula is C19H21ClN2O3S2. The van der Waals surface area contributed by atoms with Crippen LogP contribution in [0.25, 0.3) is 0 Å². The molecular weight excluding hydrogens is 404 g/mol. The van der Waals surface area contributed by atoms with E-state index in [2.05, 4.69) is 5.32 Å². The smallest absolute Gasteiger partial charge is 0.257 e. The molecule has 0 radical (unpaired) electrons. The molecule has 1 aliphatic rings. The Balaban J connectivity index is 1.90. The summed E-state index contributed by atoms with van der Waals surface area (Å²) in [6, 6.07) is 11.7. The molecule has 1 saturated heterocycles. The summed E-state index contributed by atoms with van der Waals surface area (Å²) < 4.78 is 27.2. The first kappa shape index (κ1) is 20.2. The number of nitrogens with one attached hydrogen (secondary N) is 1. The molecule has 0 atom stereocenters. The van der Waals surface area contributed by atoms with E-state index in [1.54, 1.807) is 6.07 Å². The van der Waals surface area contributed by atoms with Crippen LogP contribution < -0.4 is 5.32 Å². The van der Waals surface area contributed by atoms with Crippen molar-refractivity contribution in [2.24, 2.45) is 0 Å². The second-order valence-corrected chi connectivity index (χ2v) is 9.45. The molecule has 0 bridgehead atoms. The highest BCUT2D eigenvalue weighted by Crippen LogP contribution is 2.28. The fraction of sp³-hybridized carbons (Fsp3) is 0.316. The van der Waals surface area contributed by atoms with Gasteiger partial charge < -0.3 is 5.32 Å². The Labute approximate surface area is 169 Å². The summed E-state index contributed by atoms with van der Waals surface area (Å²) in [6.45, 7) is 1.02. The van der Waals surface area contributed by atoms with Crippen molar-refractivity contribution in [1.82, 2.24) is 4.31 Å². The summed E-state index contributed by atoms with van der Waals surface area (Å²) in [5, 5.41) is 3.04. The molecule has 1 amide bonds. The lowest BCUT2D eigenvalue weighted by atomic mass is 10.2. The van der Waals surface area contributed by atoms with Gasteiger partial charge in [0.1, 0.15) is 0 Å². The molecule has 3 rings (SSSR count). The van der Waals surface area contributed by atoms with Crippen LogP contribution in [-0.4, -0.2) is 38.0 Å². The van der Waals surface area contributed by atoms with Gasteiger partial charge >= 0.3 is 0 Å². The van der Waals surface area contributed by atoms with Gasteiger partial charge in [0.15, 0.2) is 0 Å². The average molecular weight is 425 g/mol. The normalized spacial score (nSPS) is 15.5. The minimum absolute atomic E-state index is 0.0945. The van der Waals surface area contributed by atoms with E-state index in [0.29, 0.717) is 18.8 Å². The fourth-order valence-corrected chi connectivity index (χ4v) is 5.33. The summed E-state index contributed by atoms with van der Waals surface area (Å²) in [5.41, 5.74) is 0.806. The lowest BCUT2D eigenvalue weighted by Gasteiger charge is -2.26. The number of carbonyl (C=O) groups excluding carboxylic acids is 1. The highest BCUT2D eigenvalue weighted by Gasteiger charge is 2.27. The van der Waals surface area contributed by atoms with E-state index in [-0.39, 0.29) is 15.5 Å².